The van der Waals surface area contributed by atoms with Gasteiger partial charge in [-0.1, -0.05) is 18.2 Å². The Labute approximate surface area is 145 Å². The van der Waals surface area contributed by atoms with E-state index in [-0.39, 0.29) is 0 Å². The van der Waals surface area contributed by atoms with Crippen molar-refractivity contribution in [3.05, 3.63) is 54.1 Å². The fraction of sp³-hybridized carbons (Fsp3) is 0.316. The van der Waals surface area contributed by atoms with E-state index in [1.807, 2.05) is 24.5 Å². The number of aromatic nitrogens is 4. The van der Waals surface area contributed by atoms with Crippen LogP contribution in [-0.2, 0) is 0 Å². The maximum absolute atomic E-state index is 9.44. The lowest BCUT2D eigenvalue weighted by Crippen LogP contribution is -2.29. The third kappa shape index (κ3) is 2.54. The fourth-order valence-electron chi connectivity index (χ4n) is 3.47. The van der Waals surface area contributed by atoms with Crippen molar-refractivity contribution in [2.75, 3.05) is 18.0 Å². The topological polar surface area (TPSA) is 66.5 Å². The molecule has 0 amide bonds. The van der Waals surface area contributed by atoms with Crippen LogP contribution >= 0.6 is 0 Å². The van der Waals surface area contributed by atoms with E-state index >= 15 is 0 Å². The normalized spacial score (nSPS) is 17.8. The number of benzene rings is 1. The van der Waals surface area contributed by atoms with Gasteiger partial charge >= 0.3 is 0 Å². The Morgan fingerprint density at radius 3 is 2.64 bits per heavy atom. The van der Waals surface area contributed by atoms with Crippen LogP contribution in [0.1, 0.15) is 36.6 Å². The summed E-state index contributed by atoms with van der Waals surface area (Å²) in [6.07, 6.45) is 9.41. The molecule has 0 atom stereocenters. The van der Waals surface area contributed by atoms with Crippen LogP contribution in [0.2, 0.25) is 0 Å². The summed E-state index contributed by atoms with van der Waals surface area (Å²) in [5.74, 6) is 2.84. The predicted octanol–water partition coefficient (Wildman–Crippen LogP) is 3.00. The molecule has 6 heteroatoms. The molecule has 0 radical (unpaired) electrons. The number of nitrogens with zero attached hydrogens (tertiary/aromatic N) is 5. The summed E-state index contributed by atoms with van der Waals surface area (Å²) in [5.41, 5.74) is 3.33. The third-order valence-electron chi connectivity index (χ3n) is 5.02. The van der Waals surface area contributed by atoms with Gasteiger partial charge in [0.1, 0.15) is 11.6 Å². The van der Waals surface area contributed by atoms with Gasteiger partial charge in [-0.3, -0.25) is 4.40 Å². The quantitative estimate of drug-likeness (QED) is 0.798. The van der Waals surface area contributed by atoms with Gasteiger partial charge in [-0.15, -0.1) is 10.2 Å². The van der Waals surface area contributed by atoms with E-state index in [2.05, 4.69) is 30.6 Å². The minimum absolute atomic E-state index is 0.302. The molecular weight excluding hydrogens is 314 g/mol. The maximum atomic E-state index is 9.44. The van der Waals surface area contributed by atoms with Crippen LogP contribution in [0.15, 0.2) is 42.7 Å². The molecule has 1 aromatic carbocycles. The number of hydrogen-bond donors (Lipinski definition) is 1. The number of rotatable bonds is 3. The summed E-state index contributed by atoms with van der Waals surface area (Å²) in [4.78, 5) is 6.83. The number of hydrogen-bond acceptors (Lipinski definition) is 5. The lowest BCUT2D eigenvalue weighted by atomic mass is 9.99. The highest BCUT2D eigenvalue weighted by Gasteiger charge is 2.29. The van der Waals surface area contributed by atoms with Crippen molar-refractivity contribution in [1.82, 2.24) is 19.6 Å². The maximum Gasteiger partial charge on any atom is 0.203 e. The van der Waals surface area contributed by atoms with Gasteiger partial charge in [-0.25, -0.2) is 4.98 Å². The molecule has 0 saturated heterocycles. The first-order chi connectivity index (χ1) is 12.3. The zero-order chi connectivity index (χ0) is 16.8. The van der Waals surface area contributed by atoms with E-state index in [4.69, 9.17) is 0 Å². The zero-order valence-electron chi connectivity index (χ0n) is 13.8. The molecule has 6 nitrogen and oxygen atoms in total. The summed E-state index contributed by atoms with van der Waals surface area (Å²) in [7, 11) is 0. The molecule has 3 heterocycles. The van der Waals surface area contributed by atoms with E-state index in [1.54, 1.807) is 12.1 Å². The minimum Gasteiger partial charge on any atom is -0.508 e. The SMILES string of the molecule is Oc1ccc(C2=CCN(c3nccn4c(C5CC5)nnc34)CC2)cc1. The van der Waals surface area contributed by atoms with Crippen molar-refractivity contribution in [2.24, 2.45) is 0 Å². The molecule has 1 N–H and O–H groups in total. The number of fused-ring (bicyclic) bond motifs is 1. The summed E-state index contributed by atoms with van der Waals surface area (Å²) < 4.78 is 2.10. The monoisotopic (exact) mass is 333 g/mol. The van der Waals surface area contributed by atoms with Crippen molar-refractivity contribution < 1.29 is 5.11 Å². The molecule has 1 saturated carbocycles. The molecule has 25 heavy (non-hydrogen) atoms. The van der Waals surface area contributed by atoms with Gasteiger partial charge in [0.15, 0.2) is 5.82 Å². The first-order valence-corrected chi connectivity index (χ1v) is 8.72. The van der Waals surface area contributed by atoms with Gasteiger partial charge in [-0.2, -0.15) is 0 Å². The van der Waals surface area contributed by atoms with Gasteiger partial charge in [-0.05, 0) is 42.5 Å². The molecule has 0 unspecified atom stereocenters. The lowest BCUT2D eigenvalue weighted by molar-refractivity contribution is 0.475. The van der Waals surface area contributed by atoms with Crippen molar-refractivity contribution >= 4 is 17.0 Å². The molecule has 5 rings (SSSR count). The molecule has 1 fully saturated rings. The molecule has 3 aromatic rings. The Morgan fingerprint density at radius 1 is 1.08 bits per heavy atom. The molecule has 0 spiro atoms. The van der Waals surface area contributed by atoms with E-state index in [9.17, 15) is 5.11 Å². The Balaban J connectivity index is 1.43. The van der Waals surface area contributed by atoms with Gasteiger partial charge in [0.05, 0.1) is 0 Å². The molecule has 126 valence electrons. The van der Waals surface area contributed by atoms with Crippen LogP contribution in [-0.4, -0.2) is 37.8 Å². The van der Waals surface area contributed by atoms with Crippen LogP contribution in [0.25, 0.3) is 11.2 Å². The minimum atomic E-state index is 0.302. The first-order valence-electron chi connectivity index (χ1n) is 8.72. The van der Waals surface area contributed by atoms with Gasteiger partial charge in [0, 0.05) is 31.4 Å². The first kappa shape index (κ1) is 14.5. The third-order valence-corrected chi connectivity index (χ3v) is 5.02. The summed E-state index contributed by atoms with van der Waals surface area (Å²) >= 11 is 0. The molecule has 0 bridgehead atoms. The van der Waals surface area contributed by atoms with Crippen molar-refractivity contribution in [3.63, 3.8) is 0 Å². The Hall–Kier alpha value is -2.89. The Bertz CT molecular complexity index is 956. The second-order valence-corrected chi connectivity index (χ2v) is 6.75. The predicted molar refractivity (Wildman–Crippen MR) is 95.7 cm³/mol. The Kier molecular flexibility index (Phi) is 3.23. The van der Waals surface area contributed by atoms with Crippen molar-refractivity contribution in [1.29, 1.82) is 0 Å². The number of phenolic OH excluding ortho intramolecular Hbond substituents is 1. The van der Waals surface area contributed by atoms with E-state index in [0.717, 1.165) is 36.8 Å². The van der Waals surface area contributed by atoms with Gasteiger partial charge in [0.2, 0.25) is 5.65 Å². The molecule has 1 aliphatic heterocycles. The van der Waals surface area contributed by atoms with Crippen LogP contribution in [0.3, 0.4) is 0 Å². The molecule has 1 aliphatic carbocycles. The van der Waals surface area contributed by atoms with E-state index in [0.29, 0.717) is 11.7 Å². The number of phenols is 1. The average molecular weight is 333 g/mol. The average Bonchev–Trinajstić information content (AvgIpc) is 3.41. The fourth-order valence-corrected chi connectivity index (χ4v) is 3.47. The van der Waals surface area contributed by atoms with Crippen LogP contribution in [0.4, 0.5) is 5.82 Å². The standard InChI is InChI=1S/C19H19N5O/c25-16-5-3-13(4-6-16)14-7-10-23(11-8-14)18-19-22-21-17(15-1-2-15)24(19)12-9-20-18/h3-7,9,12,15,25H,1-2,8,10-11H2. The summed E-state index contributed by atoms with van der Waals surface area (Å²) in [6, 6.07) is 7.41. The molecule has 2 aliphatic rings. The van der Waals surface area contributed by atoms with Crippen LogP contribution < -0.4 is 4.90 Å². The van der Waals surface area contributed by atoms with Crippen LogP contribution in [0, 0.1) is 0 Å². The highest BCUT2D eigenvalue weighted by Crippen LogP contribution is 2.39. The summed E-state index contributed by atoms with van der Waals surface area (Å²) in [6.45, 7) is 1.69. The second kappa shape index (κ2) is 5.58. The van der Waals surface area contributed by atoms with E-state index in [1.165, 1.54) is 24.0 Å². The largest absolute Gasteiger partial charge is 0.508 e. The zero-order valence-corrected chi connectivity index (χ0v) is 13.8. The summed E-state index contributed by atoms with van der Waals surface area (Å²) in [5, 5.41) is 18.2. The van der Waals surface area contributed by atoms with Crippen LogP contribution in [0.5, 0.6) is 5.75 Å². The highest BCUT2D eigenvalue weighted by atomic mass is 16.3. The van der Waals surface area contributed by atoms with Crippen molar-refractivity contribution in [3.8, 4) is 5.75 Å². The smallest absolute Gasteiger partial charge is 0.203 e. The van der Waals surface area contributed by atoms with Gasteiger partial charge in [0.25, 0.3) is 0 Å². The van der Waals surface area contributed by atoms with E-state index < -0.39 is 0 Å². The lowest BCUT2D eigenvalue weighted by Gasteiger charge is -2.27. The Morgan fingerprint density at radius 2 is 1.92 bits per heavy atom. The second-order valence-electron chi connectivity index (χ2n) is 6.75. The number of anilines is 1. The molecular formula is C19H19N5O. The van der Waals surface area contributed by atoms with Gasteiger partial charge < -0.3 is 10.0 Å². The molecule has 2 aromatic heterocycles. The number of aromatic hydroxyl groups is 1. The highest BCUT2D eigenvalue weighted by molar-refractivity contribution is 5.71. The van der Waals surface area contributed by atoms with Crippen molar-refractivity contribution in [2.45, 2.75) is 25.2 Å².